The molecule has 0 aromatic heterocycles. The molecule has 1 aromatic carbocycles. The fraction of sp³-hybridized carbons (Fsp3) is 0.333. The minimum atomic E-state index is -0.392. The standard InChI is InChI=1S/C12H16O2/c1-9(10(2)13)8-11-4-6-12(14-3)7-5-11/h4-8,10,13H,1-3H3/b9-8-/t10-/m0/s1. The van der Waals surface area contributed by atoms with Crippen molar-refractivity contribution < 1.29 is 9.84 Å². The number of hydrogen-bond donors (Lipinski definition) is 1. The second-order valence-corrected chi connectivity index (χ2v) is 3.34. The van der Waals surface area contributed by atoms with E-state index in [0.29, 0.717) is 0 Å². The molecule has 2 nitrogen and oxygen atoms in total. The Morgan fingerprint density at radius 3 is 2.36 bits per heavy atom. The molecule has 76 valence electrons. The third kappa shape index (κ3) is 2.89. The molecule has 0 heterocycles. The van der Waals surface area contributed by atoms with Crippen molar-refractivity contribution >= 4 is 6.08 Å². The van der Waals surface area contributed by atoms with E-state index in [2.05, 4.69) is 0 Å². The summed E-state index contributed by atoms with van der Waals surface area (Å²) < 4.78 is 5.05. The lowest BCUT2D eigenvalue weighted by molar-refractivity contribution is 0.232. The van der Waals surface area contributed by atoms with Gasteiger partial charge in [0.1, 0.15) is 5.75 Å². The highest BCUT2D eigenvalue weighted by molar-refractivity contribution is 5.54. The summed E-state index contributed by atoms with van der Waals surface area (Å²) in [6.07, 6.45) is 1.57. The normalized spacial score (nSPS) is 13.9. The maximum atomic E-state index is 9.29. The minimum absolute atomic E-state index is 0.392. The predicted molar refractivity (Wildman–Crippen MR) is 58.3 cm³/mol. The van der Waals surface area contributed by atoms with E-state index in [4.69, 9.17) is 4.74 Å². The Morgan fingerprint density at radius 2 is 1.93 bits per heavy atom. The van der Waals surface area contributed by atoms with E-state index in [0.717, 1.165) is 16.9 Å². The van der Waals surface area contributed by atoms with Crippen LogP contribution in [-0.2, 0) is 0 Å². The first-order valence-electron chi connectivity index (χ1n) is 4.64. The smallest absolute Gasteiger partial charge is 0.118 e. The molecule has 0 aliphatic heterocycles. The monoisotopic (exact) mass is 192 g/mol. The van der Waals surface area contributed by atoms with Crippen LogP contribution in [-0.4, -0.2) is 18.3 Å². The van der Waals surface area contributed by atoms with Gasteiger partial charge >= 0.3 is 0 Å². The molecule has 0 radical (unpaired) electrons. The van der Waals surface area contributed by atoms with E-state index < -0.39 is 6.10 Å². The third-order valence-electron chi connectivity index (χ3n) is 2.17. The lowest BCUT2D eigenvalue weighted by Crippen LogP contribution is -2.00. The molecule has 1 N–H and O–H groups in total. The van der Waals surface area contributed by atoms with Gasteiger partial charge in [0, 0.05) is 0 Å². The van der Waals surface area contributed by atoms with E-state index >= 15 is 0 Å². The second kappa shape index (κ2) is 4.82. The molecule has 14 heavy (non-hydrogen) atoms. The van der Waals surface area contributed by atoms with Gasteiger partial charge in [-0.05, 0) is 37.1 Å². The van der Waals surface area contributed by atoms with Crippen LogP contribution in [0.2, 0.25) is 0 Å². The van der Waals surface area contributed by atoms with Crippen molar-refractivity contribution in [1.29, 1.82) is 0 Å². The third-order valence-corrected chi connectivity index (χ3v) is 2.17. The number of aliphatic hydroxyl groups excluding tert-OH is 1. The van der Waals surface area contributed by atoms with Gasteiger partial charge in [-0.2, -0.15) is 0 Å². The Labute approximate surface area is 84.8 Å². The van der Waals surface area contributed by atoms with Crippen LogP contribution in [0.4, 0.5) is 0 Å². The number of rotatable bonds is 3. The average molecular weight is 192 g/mol. The number of hydrogen-bond acceptors (Lipinski definition) is 2. The van der Waals surface area contributed by atoms with Crippen molar-refractivity contribution in [2.24, 2.45) is 0 Å². The predicted octanol–water partition coefficient (Wildman–Crippen LogP) is 2.48. The average Bonchev–Trinajstić information content (AvgIpc) is 2.19. The molecule has 0 amide bonds. The van der Waals surface area contributed by atoms with Gasteiger partial charge < -0.3 is 9.84 Å². The Bertz CT molecular complexity index is 310. The minimum Gasteiger partial charge on any atom is -0.497 e. The fourth-order valence-corrected chi connectivity index (χ4v) is 1.08. The van der Waals surface area contributed by atoms with Crippen LogP contribution in [0.1, 0.15) is 19.4 Å². The zero-order chi connectivity index (χ0) is 10.6. The molecule has 0 saturated heterocycles. The van der Waals surface area contributed by atoms with Crippen LogP contribution in [0.3, 0.4) is 0 Å². The molecule has 1 rings (SSSR count). The summed E-state index contributed by atoms with van der Waals surface area (Å²) >= 11 is 0. The zero-order valence-electron chi connectivity index (χ0n) is 8.82. The Hall–Kier alpha value is -1.28. The molecule has 0 saturated carbocycles. The summed E-state index contributed by atoms with van der Waals surface area (Å²) in [6, 6.07) is 7.73. The van der Waals surface area contributed by atoms with Crippen LogP contribution < -0.4 is 4.74 Å². The summed E-state index contributed by atoms with van der Waals surface area (Å²) in [5, 5.41) is 9.29. The lowest BCUT2D eigenvalue weighted by atomic mass is 10.1. The highest BCUT2D eigenvalue weighted by atomic mass is 16.5. The van der Waals surface area contributed by atoms with E-state index in [1.807, 2.05) is 37.3 Å². The van der Waals surface area contributed by atoms with Gasteiger partial charge in [0.15, 0.2) is 0 Å². The molecule has 0 aliphatic carbocycles. The fourth-order valence-electron chi connectivity index (χ4n) is 1.08. The van der Waals surface area contributed by atoms with Gasteiger partial charge in [0.2, 0.25) is 0 Å². The lowest BCUT2D eigenvalue weighted by Gasteiger charge is -2.04. The van der Waals surface area contributed by atoms with Gasteiger partial charge in [0.25, 0.3) is 0 Å². The number of aliphatic hydroxyl groups is 1. The van der Waals surface area contributed by atoms with Crippen LogP contribution in [0.5, 0.6) is 5.75 Å². The van der Waals surface area contributed by atoms with Crippen molar-refractivity contribution in [3.8, 4) is 5.75 Å². The largest absolute Gasteiger partial charge is 0.497 e. The summed E-state index contributed by atoms with van der Waals surface area (Å²) in [5.74, 6) is 0.844. The Morgan fingerprint density at radius 1 is 1.36 bits per heavy atom. The summed E-state index contributed by atoms with van der Waals surface area (Å²) in [4.78, 5) is 0. The van der Waals surface area contributed by atoms with E-state index in [9.17, 15) is 5.11 Å². The van der Waals surface area contributed by atoms with Crippen molar-refractivity contribution in [2.45, 2.75) is 20.0 Å². The van der Waals surface area contributed by atoms with Crippen molar-refractivity contribution in [1.82, 2.24) is 0 Å². The molecular weight excluding hydrogens is 176 g/mol. The quantitative estimate of drug-likeness (QED) is 0.797. The van der Waals surface area contributed by atoms with Crippen LogP contribution in [0.25, 0.3) is 6.08 Å². The highest BCUT2D eigenvalue weighted by Crippen LogP contribution is 2.14. The Balaban J connectivity index is 2.83. The van der Waals surface area contributed by atoms with E-state index in [1.54, 1.807) is 14.0 Å². The van der Waals surface area contributed by atoms with Crippen molar-refractivity contribution in [3.05, 3.63) is 35.4 Å². The van der Waals surface area contributed by atoms with Gasteiger partial charge in [-0.1, -0.05) is 18.2 Å². The maximum Gasteiger partial charge on any atom is 0.118 e. The van der Waals surface area contributed by atoms with Crippen molar-refractivity contribution in [3.63, 3.8) is 0 Å². The van der Waals surface area contributed by atoms with Gasteiger partial charge in [-0.25, -0.2) is 0 Å². The number of methoxy groups -OCH3 is 1. The highest BCUT2D eigenvalue weighted by Gasteiger charge is 1.98. The van der Waals surface area contributed by atoms with E-state index in [1.165, 1.54) is 0 Å². The van der Waals surface area contributed by atoms with Gasteiger partial charge in [-0.3, -0.25) is 0 Å². The molecule has 0 spiro atoms. The molecule has 0 unspecified atom stereocenters. The molecule has 0 aliphatic rings. The van der Waals surface area contributed by atoms with Crippen LogP contribution in [0, 0.1) is 0 Å². The first-order chi connectivity index (χ1) is 6.63. The Kier molecular flexibility index (Phi) is 3.72. The molecule has 1 atom stereocenters. The van der Waals surface area contributed by atoms with Gasteiger partial charge in [-0.15, -0.1) is 0 Å². The van der Waals surface area contributed by atoms with Crippen LogP contribution >= 0.6 is 0 Å². The number of benzene rings is 1. The first-order valence-corrected chi connectivity index (χ1v) is 4.64. The van der Waals surface area contributed by atoms with Crippen LogP contribution in [0.15, 0.2) is 29.8 Å². The summed E-state index contributed by atoms with van der Waals surface area (Å²) in [7, 11) is 1.64. The SMILES string of the molecule is COc1ccc(/C=C(/C)[C@H](C)O)cc1. The zero-order valence-corrected chi connectivity index (χ0v) is 8.82. The number of ether oxygens (including phenoxy) is 1. The maximum absolute atomic E-state index is 9.29. The topological polar surface area (TPSA) is 29.5 Å². The molecule has 0 bridgehead atoms. The molecule has 2 heteroatoms. The summed E-state index contributed by atoms with van der Waals surface area (Å²) in [6.45, 7) is 3.67. The molecule has 0 fully saturated rings. The van der Waals surface area contributed by atoms with Gasteiger partial charge in [0.05, 0.1) is 13.2 Å². The molecule has 1 aromatic rings. The first kappa shape index (κ1) is 10.8. The van der Waals surface area contributed by atoms with Crippen molar-refractivity contribution in [2.75, 3.05) is 7.11 Å². The summed E-state index contributed by atoms with van der Waals surface area (Å²) in [5.41, 5.74) is 2.03. The van der Waals surface area contributed by atoms with E-state index in [-0.39, 0.29) is 0 Å². The second-order valence-electron chi connectivity index (χ2n) is 3.34. The molecular formula is C12H16O2.